The predicted molar refractivity (Wildman–Crippen MR) is 79.3 cm³/mol. The third-order valence-corrected chi connectivity index (χ3v) is 4.32. The monoisotopic (exact) mass is 264 g/mol. The van der Waals surface area contributed by atoms with E-state index in [1.165, 1.54) is 31.9 Å². The Morgan fingerprint density at radius 1 is 1.37 bits per heavy atom. The Morgan fingerprint density at radius 3 is 2.74 bits per heavy atom. The first-order chi connectivity index (χ1) is 9.11. The summed E-state index contributed by atoms with van der Waals surface area (Å²) in [5, 5.41) is 0. The van der Waals surface area contributed by atoms with Crippen molar-refractivity contribution in [3.63, 3.8) is 0 Å². The fraction of sp³-hybridized carbons (Fsp3) is 0.800. The van der Waals surface area contributed by atoms with Crippen LogP contribution in [0.2, 0.25) is 0 Å². The molecule has 1 aliphatic heterocycles. The Balaban J connectivity index is 1.85. The zero-order valence-corrected chi connectivity index (χ0v) is 12.8. The van der Waals surface area contributed by atoms with Crippen LogP contribution in [-0.2, 0) is 13.5 Å². The molecule has 1 aliphatic rings. The van der Waals surface area contributed by atoms with Crippen molar-refractivity contribution in [3.05, 3.63) is 18.2 Å². The van der Waals surface area contributed by atoms with Gasteiger partial charge >= 0.3 is 0 Å². The second-order valence-corrected chi connectivity index (χ2v) is 5.90. The maximum atomic E-state index is 4.41. The SMILES string of the molecule is CCC1CN(CCc2nccn2C)CCN1C(C)C. The van der Waals surface area contributed by atoms with E-state index in [0.717, 1.165) is 19.0 Å². The predicted octanol–water partition coefficient (Wildman–Crippen LogP) is 1.77. The number of piperazine rings is 1. The molecule has 2 heterocycles. The quantitative estimate of drug-likeness (QED) is 0.810. The molecule has 0 bridgehead atoms. The first kappa shape index (κ1) is 14.5. The van der Waals surface area contributed by atoms with Crippen LogP contribution in [0.25, 0.3) is 0 Å². The summed E-state index contributed by atoms with van der Waals surface area (Å²) < 4.78 is 2.13. The molecule has 0 spiro atoms. The van der Waals surface area contributed by atoms with Crippen LogP contribution in [0.15, 0.2) is 12.4 Å². The van der Waals surface area contributed by atoms with E-state index in [1.807, 2.05) is 12.4 Å². The average molecular weight is 264 g/mol. The van der Waals surface area contributed by atoms with Crippen molar-refractivity contribution in [2.24, 2.45) is 7.05 Å². The van der Waals surface area contributed by atoms with E-state index in [9.17, 15) is 0 Å². The summed E-state index contributed by atoms with van der Waals surface area (Å²) in [4.78, 5) is 9.66. The van der Waals surface area contributed by atoms with E-state index in [4.69, 9.17) is 0 Å². The van der Waals surface area contributed by atoms with Crippen molar-refractivity contribution >= 4 is 0 Å². The summed E-state index contributed by atoms with van der Waals surface area (Å²) in [6, 6.07) is 1.39. The van der Waals surface area contributed by atoms with E-state index in [2.05, 4.69) is 47.2 Å². The van der Waals surface area contributed by atoms with Crippen molar-refractivity contribution < 1.29 is 0 Å². The molecular formula is C15H28N4. The van der Waals surface area contributed by atoms with E-state index in [1.54, 1.807) is 0 Å². The molecule has 1 fully saturated rings. The summed E-state index contributed by atoms with van der Waals surface area (Å²) in [7, 11) is 2.08. The molecule has 108 valence electrons. The molecule has 0 amide bonds. The molecule has 1 saturated heterocycles. The molecule has 0 aromatic carbocycles. The van der Waals surface area contributed by atoms with Gasteiger partial charge in [-0.1, -0.05) is 6.92 Å². The van der Waals surface area contributed by atoms with Crippen LogP contribution in [-0.4, -0.2) is 57.6 Å². The van der Waals surface area contributed by atoms with Gasteiger partial charge in [-0.3, -0.25) is 4.90 Å². The minimum absolute atomic E-state index is 0.668. The average Bonchev–Trinajstić information content (AvgIpc) is 2.81. The smallest absolute Gasteiger partial charge is 0.109 e. The van der Waals surface area contributed by atoms with E-state index in [-0.39, 0.29) is 0 Å². The first-order valence-electron chi connectivity index (χ1n) is 7.56. The van der Waals surface area contributed by atoms with E-state index < -0.39 is 0 Å². The van der Waals surface area contributed by atoms with Crippen LogP contribution in [0, 0.1) is 0 Å². The van der Waals surface area contributed by atoms with E-state index >= 15 is 0 Å². The molecule has 1 atom stereocenters. The second kappa shape index (κ2) is 6.53. The van der Waals surface area contributed by atoms with Gasteiger partial charge in [0.2, 0.25) is 0 Å². The summed E-state index contributed by atoms with van der Waals surface area (Å²) in [6.45, 7) is 11.7. The van der Waals surface area contributed by atoms with Crippen LogP contribution in [0.3, 0.4) is 0 Å². The van der Waals surface area contributed by atoms with Crippen LogP contribution in [0.5, 0.6) is 0 Å². The molecule has 1 aromatic heterocycles. The van der Waals surface area contributed by atoms with Crippen molar-refractivity contribution in [1.29, 1.82) is 0 Å². The van der Waals surface area contributed by atoms with Crippen molar-refractivity contribution in [1.82, 2.24) is 19.4 Å². The molecule has 0 N–H and O–H groups in total. The summed E-state index contributed by atoms with van der Waals surface area (Å²) >= 11 is 0. The minimum atomic E-state index is 0.668. The molecular weight excluding hydrogens is 236 g/mol. The zero-order valence-electron chi connectivity index (χ0n) is 12.8. The summed E-state index contributed by atoms with van der Waals surface area (Å²) in [5.74, 6) is 1.19. The number of hydrogen-bond donors (Lipinski definition) is 0. The maximum absolute atomic E-state index is 4.41. The van der Waals surface area contributed by atoms with Gasteiger partial charge in [0.1, 0.15) is 5.82 Å². The Hall–Kier alpha value is -0.870. The highest BCUT2D eigenvalue weighted by atomic mass is 15.3. The Kier molecular flexibility index (Phi) is 4.99. The van der Waals surface area contributed by atoms with Crippen LogP contribution in [0.4, 0.5) is 0 Å². The number of nitrogens with zero attached hydrogens (tertiary/aromatic N) is 4. The zero-order chi connectivity index (χ0) is 13.8. The molecule has 1 aromatic rings. The highest BCUT2D eigenvalue weighted by Crippen LogP contribution is 2.16. The molecule has 1 unspecified atom stereocenters. The van der Waals surface area contributed by atoms with Gasteiger partial charge in [-0.15, -0.1) is 0 Å². The first-order valence-corrected chi connectivity index (χ1v) is 7.56. The van der Waals surface area contributed by atoms with Gasteiger partial charge in [-0.2, -0.15) is 0 Å². The number of imidazole rings is 1. The van der Waals surface area contributed by atoms with Gasteiger partial charge in [0.05, 0.1) is 0 Å². The van der Waals surface area contributed by atoms with Crippen molar-refractivity contribution in [2.45, 2.75) is 45.7 Å². The summed E-state index contributed by atoms with van der Waals surface area (Å²) in [5.41, 5.74) is 0. The van der Waals surface area contributed by atoms with Gasteiger partial charge in [0.15, 0.2) is 0 Å². The highest BCUT2D eigenvalue weighted by molar-refractivity contribution is 4.93. The Bertz CT molecular complexity index is 385. The van der Waals surface area contributed by atoms with Gasteiger partial charge in [0, 0.05) is 64.1 Å². The molecule has 2 rings (SSSR count). The molecule has 4 heteroatoms. The largest absolute Gasteiger partial charge is 0.338 e. The molecule has 0 radical (unpaired) electrons. The van der Waals surface area contributed by atoms with Crippen molar-refractivity contribution in [2.75, 3.05) is 26.2 Å². The number of aromatic nitrogens is 2. The van der Waals surface area contributed by atoms with Crippen LogP contribution in [0.1, 0.15) is 33.0 Å². The number of rotatable bonds is 5. The third-order valence-electron chi connectivity index (χ3n) is 4.32. The molecule has 0 saturated carbocycles. The van der Waals surface area contributed by atoms with Crippen LogP contribution < -0.4 is 0 Å². The van der Waals surface area contributed by atoms with Crippen LogP contribution >= 0.6 is 0 Å². The highest BCUT2D eigenvalue weighted by Gasteiger charge is 2.27. The lowest BCUT2D eigenvalue weighted by Gasteiger charge is -2.43. The fourth-order valence-corrected chi connectivity index (χ4v) is 3.08. The number of hydrogen-bond acceptors (Lipinski definition) is 3. The lowest BCUT2D eigenvalue weighted by Crippen LogP contribution is -2.55. The van der Waals surface area contributed by atoms with Gasteiger partial charge in [-0.05, 0) is 20.3 Å². The maximum Gasteiger partial charge on any atom is 0.109 e. The second-order valence-electron chi connectivity index (χ2n) is 5.90. The minimum Gasteiger partial charge on any atom is -0.338 e. The van der Waals surface area contributed by atoms with E-state index in [0.29, 0.717) is 6.04 Å². The lowest BCUT2D eigenvalue weighted by molar-refractivity contribution is 0.0497. The third kappa shape index (κ3) is 3.57. The fourth-order valence-electron chi connectivity index (χ4n) is 3.08. The van der Waals surface area contributed by atoms with Gasteiger partial charge in [0.25, 0.3) is 0 Å². The van der Waals surface area contributed by atoms with Gasteiger partial charge in [-0.25, -0.2) is 4.98 Å². The Morgan fingerprint density at radius 2 is 2.16 bits per heavy atom. The van der Waals surface area contributed by atoms with Crippen molar-refractivity contribution in [3.8, 4) is 0 Å². The lowest BCUT2D eigenvalue weighted by atomic mass is 10.1. The molecule has 4 nitrogen and oxygen atoms in total. The van der Waals surface area contributed by atoms with Gasteiger partial charge < -0.3 is 9.47 Å². The molecule has 0 aliphatic carbocycles. The summed E-state index contributed by atoms with van der Waals surface area (Å²) in [6.07, 6.45) is 6.22. The normalized spacial score (nSPS) is 22.3. The Labute approximate surface area is 117 Å². The molecule has 19 heavy (non-hydrogen) atoms. The number of aryl methyl sites for hydroxylation is 1. The standard InChI is InChI=1S/C15H28N4/c1-5-14-12-18(10-11-19(14)13(2)3)8-6-15-16-7-9-17(15)4/h7,9,13-14H,5-6,8,10-12H2,1-4H3. The topological polar surface area (TPSA) is 24.3 Å².